The fourth-order valence-electron chi connectivity index (χ4n) is 2.04. The number of aldehydes is 1. The highest BCUT2D eigenvalue weighted by atomic mass is 16.5. The monoisotopic (exact) mass is 346 g/mol. The first-order valence-corrected chi connectivity index (χ1v) is 8.30. The maximum Gasteiger partial charge on any atom is 0.161 e. The van der Waals surface area contributed by atoms with Crippen LogP contribution in [0.1, 0.15) is 30.6 Å². The molecule has 0 bridgehead atoms. The van der Waals surface area contributed by atoms with Gasteiger partial charge in [0.1, 0.15) is 6.29 Å². The lowest BCUT2D eigenvalue weighted by atomic mass is 10.2. The lowest BCUT2D eigenvalue weighted by Crippen LogP contribution is -2.06. The van der Waals surface area contributed by atoms with Gasteiger partial charge in [-0.05, 0) is 30.3 Å². The summed E-state index contributed by atoms with van der Waals surface area (Å²) < 4.78 is 21.8. The number of carbonyl (C=O) groups is 1. The Morgan fingerprint density at radius 1 is 0.800 bits per heavy atom. The molecular weight excluding hydrogens is 320 g/mol. The van der Waals surface area contributed by atoms with Crippen LogP contribution < -0.4 is 18.9 Å². The summed E-state index contributed by atoms with van der Waals surface area (Å²) in [5, 5.41) is 0. The molecule has 2 aromatic carbocycles. The molecule has 0 radical (unpaired) electrons. The van der Waals surface area contributed by atoms with Crippen LogP contribution in [-0.2, 0) is 0 Å². The van der Waals surface area contributed by atoms with Crippen molar-refractivity contribution in [2.24, 2.45) is 0 Å². The SMILES string of the molecule is CC.COc1ccccc1OCCCOc1ccc(C=O)cc1OC. The number of methoxy groups -OCH3 is 2. The summed E-state index contributed by atoms with van der Waals surface area (Å²) in [6.07, 6.45) is 1.48. The van der Waals surface area contributed by atoms with Crippen LogP contribution in [0.25, 0.3) is 0 Å². The third-order valence-electron chi connectivity index (χ3n) is 3.20. The van der Waals surface area contributed by atoms with Gasteiger partial charge in [-0.25, -0.2) is 0 Å². The van der Waals surface area contributed by atoms with Gasteiger partial charge in [0.15, 0.2) is 23.0 Å². The van der Waals surface area contributed by atoms with E-state index in [4.69, 9.17) is 18.9 Å². The Morgan fingerprint density at radius 3 is 1.92 bits per heavy atom. The van der Waals surface area contributed by atoms with Gasteiger partial charge in [-0.3, -0.25) is 4.79 Å². The van der Waals surface area contributed by atoms with Crippen LogP contribution in [0, 0.1) is 0 Å². The molecule has 2 aromatic rings. The van der Waals surface area contributed by atoms with Crippen molar-refractivity contribution in [1.29, 1.82) is 0 Å². The molecule has 0 aliphatic carbocycles. The predicted octanol–water partition coefficient (Wildman–Crippen LogP) is 4.39. The van der Waals surface area contributed by atoms with E-state index in [1.54, 1.807) is 32.4 Å². The molecule has 0 heterocycles. The summed E-state index contributed by atoms with van der Waals surface area (Å²) in [7, 11) is 3.15. The molecule has 0 amide bonds. The second kappa shape index (κ2) is 11.8. The predicted molar refractivity (Wildman–Crippen MR) is 98.3 cm³/mol. The summed E-state index contributed by atoms with van der Waals surface area (Å²) in [6, 6.07) is 12.6. The third kappa shape index (κ3) is 6.37. The summed E-state index contributed by atoms with van der Waals surface area (Å²) in [6.45, 7) is 4.99. The zero-order chi connectivity index (χ0) is 18.5. The summed E-state index contributed by atoms with van der Waals surface area (Å²) in [5.74, 6) is 2.57. The number of para-hydroxylation sites is 2. The number of ether oxygens (including phenoxy) is 4. The maximum absolute atomic E-state index is 10.7. The van der Waals surface area contributed by atoms with Crippen molar-refractivity contribution < 1.29 is 23.7 Å². The van der Waals surface area contributed by atoms with E-state index in [9.17, 15) is 4.79 Å². The number of rotatable bonds is 9. The van der Waals surface area contributed by atoms with E-state index >= 15 is 0 Å². The van der Waals surface area contributed by atoms with Crippen LogP contribution in [0.15, 0.2) is 42.5 Å². The van der Waals surface area contributed by atoms with E-state index in [2.05, 4.69) is 0 Å². The molecular formula is C20H26O5. The van der Waals surface area contributed by atoms with Crippen LogP contribution in [0.5, 0.6) is 23.0 Å². The van der Waals surface area contributed by atoms with Crippen LogP contribution in [0.4, 0.5) is 0 Å². The van der Waals surface area contributed by atoms with Crippen molar-refractivity contribution in [2.45, 2.75) is 20.3 Å². The molecule has 0 saturated heterocycles. The Balaban J connectivity index is 0.00000151. The van der Waals surface area contributed by atoms with E-state index < -0.39 is 0 Å². The average molecular weight is 346 g/mol. The van der Waals surface area contributed by atoms with E-state index in [-0.39, 0.29) is 0 Å². The normalized spacial score (nSPS) is 9.44. The zero-order valence-corrected chi connectivity index (χ0v) is 15.3. The molecule has 0 aliphatic heterocycles. The Kier molecular flexibility index (Phi) is 9.60. The average Bonchev–Trinajstić information content (AvgIpc) is 2.69. The van der Waals surface area contributed by atoms with Gasteiger partial charge in [-0.15, -0.1) is 0 Å². The van der Waals surface area contributed by atoms with Gasteiger partial charge >= 0.3 is 0 Å². The van der Waals surface area contributed by atoms with Gasteiger partial charge in [0, 0.05) is 12.0 Å². The number of benzene rings is 2. The maximum atomic E-state index is 10.7. The Hall–Kier alpha value is -2.69. The highest BCUT2D eigenvalue weighted by molar-refractivity contribution is 5.76. The molecule has 25 heavy (non-hydrogen) atoms. The molecule has 0 aliphatic rings. The van der Waals surface area contributed by atoms with Gasteiger partial charge in [-0.2, -0.15) is 0 Å². The van der Waals surface area contributed by atoms with Crippen LogP contribution in [0.3, 0.4) is 0 Å². The van der Waals surface area contributed by atoms with Gasteiger partial charge in [-0.1, -0.05) is 26.0 Å². The molecule has 0 spiro atoms. The van der Waals surface area contributed by atoms with Crippen molar-refractivity contribution in [3.8, 4) is 23.0 Å². The van der Waals surface area contributed by atoms with E-state index in [0.717, 1.165) is 6.29 Å². The zero-order valence-electron chi connectivity index (χ0n) is 15.3. The van der Waals surface area contributed by atoms with Crippen molar-refractivity contribution in [3.63, 3.8) is 0 Å². The third-order valence-corrected chi connectivity index (χ3v) is 3.20. The molecule has 0 N–H and O–H groups in total. The van der Waals surface area contributed by atoms with Crippen molar-refractivity contribution in [1.82, 2.24) is 0 Å². The molecule has 136 valence electrons. The smallest absolute Gasteiger partial charge is 0.161 e. The highest BCUT2D eigenvalue weighted by Crippen LogP contribution is 2.28. The van der Waals surface area contributed by atoms with Crippen LogP contribution >= 0.6 is 0 Å². The fourth-order valence-corrected chi connectivity index (χ4v) is 2.04. The molecule has 2 rings (SSSR count). The standard InChI is InChI=1S/C18H20O5.C2H6/c1-20-15-6-3-4-7-16(15)22-10-5-11-23-17-9-8-14(13-19)12-18(17)21-2;1-2/h3-4,6-9,12-13H,5,10-11H2,1-2H3;1-2H3. The largest absolute Gasteiger partial charge is 0.493 e. The first kappa shape index (κ1) is 20.4. The van der Waals surface area contributed by atoms with Crippen LogP contribution in [0.2, 0.25) is 0 Å². The first-order chi connectivity index (χ1) is 12.3. The minimum absolute atomic E-state index is 0.478. The van der Waals surface area contributed by atoms with Gasteiger partial charge in [0.05, 0.1) is 27.4 Å². The van der Waals surface area contributed by atoms with Crippen LogP contribution in [-0.4, -0.2) is 33.7 Å². The summed E-state index contributed by atoms with van der Waals surface area (Å²) >= 11 is 0. The van der Waals surface area contributed by atoms with Gasteiger partial charge in [0.2, 0.25) is 0 Å². The van der Waals surface area contributed by atoms with Crippen molar-refractivity contribution in [3.05, 3.63) is 48.0 Å². The Bertz CT molecular complexity index is 640. The number of hydrogen-bond acceptors (Lipinski definition) is 5. The quantitative estimate of drug-likeness (QED) is 0.498. The molecule has 5 heteroatoms. The molecule has 0 atom stereocenters. The highest BCUT2D eigenvalue weighted by Gasteiger charge is 2.06. The van der Waals surface area contributed by atoms with E-state index in [1.165, 1.54) is 0 Å². The second-order valence-electron chi connectivity index (χ2n) is 4.73. The number of carbonyl (C=O) groups excluding carboxylic acids is 1. The molecule has 0 saturated carbocycles. The Morgan fingerprint density at radius 2 is 1.36 bits per heavy atom. The lowest BCUT2D eigenvalue weighted by Gasteiger charge is -2.12. The van der Waals surface area contributed by atoms with E-state index in [1.807, 2.05) is 38.1 Å². The molecule has 0 unspecified atom stereocenters. The van der Waals surface area contributed by atoms with E-state index in [0.29, 0.717) is 48.2 Å². The minimum Gasteiger partial charge on any atom is -0.493 e. The molecule has 5 nitrogen and oxygen atoms in total. The number of hydrogen-bond donors (Lipinski definition) is 0. The summed E-state index contributed by atoms with van der Waals surface area (Å²) in [4.78, 5) is 10.7. The van der Waals surface area contributed by atoms with Gasteiger partial charge < -0.3 is 18.9 Å². The van der Waals surface area contributed by atoms with Gasteiger partial charge in [0.25, 0.3) is 0 Å². The molecule has 0 fully saturated rings. The van der Waals surface area contributed by atoms with Crippen molar-refractivity contribution in [2.75, 3.05) is 27.4 Å². The topological polar surface area (TPSA) is 54.0 Å². The lowest BCUT2D eigenvalue weighted by molar-refractivity contribution is 0.112. The summed E-state index contributed by atoms with van der Waals surface area (Å²) in [5.41, 5.74) is 0.550. The first-order valence-electron chi connectivity index (χ1n) is 8.30. The fraction of sp³-hybridized carbons (Fsp3) is 0.350. The minimum atomic E-state index is 0.478. The van der Waals surface area contributed by atoms with Crippen molar-refractivity contribution >= 4 is 6.29 Å². The second-order valence-corrected chi connectivity index (χ2v) is 4.73. The molecule has 0 aromatic heterocycles. The Labute approximate surface area is 149 Å².